The van der Waals surface area contributed by atoms with Gasteiger partial charge in [0.25, 0.3) is 0 Å². The molecule has 3 aromatic carbocycles. The van der Waals surface area contributed by atoms with Crippen LogP contribution in [-0.2, 0) is 32.1 Å². The van der Waals surface area contributed by atoms with Crippen molar-refractivity contribution in [2.45, 2.75) is 69.8 Å². The maximum atomic E-state index is 5.12. The van der Waals surface area contributed by atoms with E-state index in [1.807, 2.05) is 0 Å². The normalized spacial score (nSPS) is 16.6. The smallest absolute Gasteiger partial charge is 1.00 e. The van der Waals surface area contributed by atoms with Crippen LogP contribution in [0, 0.1) is 5.92 Å². The van der Waals surface area contributed by atoms with E-state index >= 15 is 0 Å². The van der Waals surface area contributed by atoms with Gasteiger partial charge in [0.05, 0.1) is 0 Å². The first kappa shape index (κ1) is 31.0. The minimum Gasteiger partial charge on any atom is -1.00 e. The molecule has 0 saturated heterocycles. The van der Waals surface area contributed by atoms with Crippen LogP contribution in [0.25, 0.3) is 16.7 Å². The van der Waals surface area contributed by atoms with E-state index in [1.165, 1.54) is 50.1 Å². The Kier molecular flexibility index (Phi) is 9.10. The van der Waals surface area contributed by atoms with Crippen molar-refractivity contribution in [3.8, 4) is 11.1 Å². The number of halogens is 2. The molecule has 0 spiro atoms. The first-order chi connectivity index (χ1) is 16.9. The van der Waals surface area contributed by atoms with Crippen LogP contribution >= 0.6 is 0 Å². The van der Waals surface area contributed by atoms with Gasteiger partial charge in [0.1, 0.15) is 0 Å². The van der Waals surface area contributed by atoms with Gasteiger partial charge in [0.2, 0.25) is 0 Å². The fraction of sp³-hybridized carbons (Fsp3) is 0.343. The van der Waals surface area contributed by atoms with Crippen LogP contribution in [-0.4, -0.2) is 4.21 Å². The molecule has 0 aromatic heterocycles. The summed E-state index contributed by atoms with van der Waals surface area (Å²) in [7, 11) is 0. The Morgan fingerprint density at radius 2 is 1.18 bits per heavy atom. The first-order valence-electron chi connectivity index (χ1n) is 13.3. The maximum Gasteiger partial charge on any atom is -1.00 e. The fourth-order valence-electron chi connectivity index (χ4n) is 6.13. The maximum absolute atomic E-state index is 5.12. The summed E-state index contributed by atoms with van der Waals surface area (Å²) in [6.45, 7) is 18.7. The third-order valence-corrected chi connectivity index (χ3v) is 15.2. The summed E-state index contributed by atoms with van der Waals surface area (Å²) >= 11 is -2.38. The van der Waals surface area contributed by atoms with Crippen LogP contribution in [0.3, 0.4) is 0 Å². The van der Waals surface area contributed by atoms with Gasteiger partial charge in [-0.15, -0.1) is 0 Å². The van der Waals surface area contributed by atoms with Crippen molar-refractivity contribution in [3.05, 3.63) is 109 Å². The molecule has 3 heteroatoms. The van der Waals surface area contributed by atoms with E-state index in [-0.39, 0.29) is 35.6 Å². The van der Waals surface area contributed by atoms with Crippen molar-refractivity contribution < 1.29 is 46.1 Å². The summed E-state index contributed by atoms with van der Waals surface area (Å²) < 4.78 is 7.26. The number of hydrogen-bond donors (Lipinski definition) is 0. The van der Waals surface area contributed by atoms with Crippen LogP contribution in [0.15, 0.2) is 81.7 Å². The van der Waals surface area contributed by atoms with Gasteiger partial charge in [0.15, 0.2) is 0 Å². The zero-order valence-electron chi connectivity index (χ0n) is 24.0. The standard InChI is InChI=1S/C21H25.C13H13.CH2.2ClH.Zr/c1-20(2,3)16-7-9-18-14(12-16)11-15-13-17(21(4,5)6)8-10-19(15)18;1-10-8-11(2)13(9-10)12-6-4-3-5-7-12;;;;/h7-13H,1-6H3;3-7,9-10H,1-2H3;1H2;2*1H;/q;;;;;+2/p-2. The molecule has 5 rings (SSSR count). The molecular formula is C35H40Cl2Zr. The first-order valence-corrected chi connectivity index (χ1v) is 17.7. The zero-order chi connectivity index (χ0) is 26.0. The molecule has 0 radical (unpaired) electrons. The van der Waals surface area contributed by atoms with Gasteiger partial charge in [-0.05, 0) is 0 Å². The van der Waals surface area contributed by atoms with Crippen molar-refractivity contribution in [2.75, 3.05) is 0 Å². The average Bonchev–Trinajstić information content (AvgIpc) is 3.30. The van der Waals surface area contributed by atoms with E-state index in [2.05, 4.69) is 128 Å². The second kappa shape index (κ2) is 11.2. The van der Waals surface area contributed by atoms with Gasteiger partial charge < -0.3 is 24.8 Å². The summed E-state index contributed by atoms with van der Waals surface area (Å²) in [5.41, 5.74) is 13.3. The Morgan fingerprint density at radius 3 is 1.63 bits per heavy atom. The molecule has 3 aromatic rings. The molecule has 0 bridgehead atoms. The van der Waals surface area contributed by atoms with E-state index < -0.39 is 21.3 Å². The molecule has 0 heterocycles. The molecule has 1 atom stereocenters. The van der Waals surface area contributed by atoms with Crippen LogP contribution < -0.4 is 24.8 Å². The zero-order valence-corrected chi connectivity index (χ0v) is 28.0. The van der Waals surface area contributed by atoms with Crippen molar-refractivity contribution >= 4 is 9.78 Å². The number of hydrogen-bond acceptors (Lipinski definition) is 0. The minimum absolute atomic E-state index is 0. The van der Waals surface area contributed by atoms with Gasteiger partial charge in [-0.25, -0.2) is 0 Å². The Bertz CT molecular complexity index is 1370. The van der Waals surface area contributed by atoms with Crippen molar-refractivity contribution in [3.63, 3.8) is 0 Å². The van der Waals surface area contributed by atoms with E-state index in [0.717, 1.165) is 0 Å². The average molecular weight is 623 g/mol. The number of benzene rings is 3. The van der Waals surface area contributed by atoms with Crippen molar-refractivity contribution in [1.29, 1.82) is 0 Å². The number of rotatable bonds is 3. The molecular weight excluding hydrogens is 583 g/mol. The minimum atomic E-state index is -2.38. The number of fused-ring (bicyclic) bond motifs is 3. The molecule has 2 aliphatic rings. The molecule has 1 unspecified atom stereocenters. The Morgan fingerprint density at radius 1 is 0.711 bits per heavy atom. The molecule has 0 fully saturated rings. The summed E-state index contributed by atoms with van der Waals surface area (Å²) in [5.74, 6) is 0.469. The summed E-state index contributed by atoms with van der Waals surface area (Å²) in [5, 5.41) is 0. The van der Waals surface area contributed by atoms with E-state index in [0.29, 0.717) is 9.54 Å². The largest absolute Gasteiger partial charge is 1.00 e. The SMILES string of the molecule is [CH2]=[Zr+2]([C]1=C(C)C(c2ccccc2)=CC1C)[CH]1c2cc(C(C)(C)C)ccc2-c2ccc(C(C)(C)C)cc21.[Cl-].[Cl-]. The molecule has 0 aliphatic heterocycles. The second-order valence-corrected chi connectivity index (χ2v) is 18.2. The van der Waals surface area contributed by atoms with Gasteiger partial charge in [-0.1, -0.05) is 0 Å². The Balaban J connectivity index is 0.00000200. The monoisotopic (exact) mass is 620 g/mol. The molecule has 2 aliphatic carbocycles. The summed E-state index contributed by atoms with van der Waals surface area (Å²) in [4.78, 5) is 0. The van der Waals surface area contributed by atoms with Crippen LogP contribution in [0.5, 0.6) is 0 Å². The number of allylic oxidation sites excluding steroid dienone is 4. The summed E-state index contributed by atoms with van der Waals surface area (Å²) in [6.07, 6.45) is 2.50. The molecule has 0 amide bonds. The predicted molar refractivity (Wildman–Crippen MR) is 155 cm³/mol. The summed E-state index contributed by atoms with van der Waals surface area (Å²) in [6, 6.07) is 25.5. The van der Waals surface area contributed by atoms with Crippen molar-refractivity contribution in [1.82, 2.24) is 0 Å². The van der Waals surface area contributed by atoms with Crippen LogP contribution in [0.4, 0.5) is 0 Å². The molecule has 198 valence electrons. The fourth-order valence-corrected chi connectivity index (χ4v) is 13.1. The molecule has 0 N–H and O–H groups in total. The molecule has 0 nitrogen and oxygen atoms in total. The molecule has 0 saturated carbocycles. The Hall–Kier alpha value is -1.53. The Labute approximate surface area is 250 Å². The van der Waals surface area contributed by atoms with Crippen LogP contribution in [0.2, 0.25) is 0 Å². The third kappa shape index (κ3) is 5.41. The predicted octanol–water partition coefficient (Wildman–Crippen LogP) is 3.42. The van der Waals surface area contributed by atoms with E-state index in [9.17, 15) is 0 Å². The molecule has 38 heavy (non-hydrogen) atoms. The quantitative estimate of drug-likeness (QED) is 0.420. The van der Waals surface area contributed by atoms with Gasteiger partial charge >= 0.3 is 227 Å². The van der Waals surface area contributed by atoms with Crippen molar-refractivity contribution in [2.24, 2.45) is 5.92 Å². The second-order valence-electron chi connectivity index (χ2n) is 12.8. The van der Waals surface area contributed by atoms with E-state index in [4.69, 9.17) is 4.21 Å². The van der Waals surface area contributed by atoms with Gasteiger partial charge in [-0.2, -0.15) is 0 Å². The van der Waals surface area contributed by atoms with Gasteiger partial charge in [-0.3, -0.25) is 0 Å². The topological polar surface area (TPSA) is 0 Å². The van der Waals surface area contributed by atoms with Gasteiger partial charge in [0, 0.05) is 0 Å². The van der Waals surface area contributed by atoms with Crippen LogP contribution in [0.1, 0.15) is 86.8 Å². The third-order valence-electron chi connectivity index (χ3n) is 8.21. The van der Waals surface area contributed by atoms with E-state index in [1.54, 1.807) is 3.28 Å².